The molecular weight excluding hydrogens is 304 g/mol. The Kier molecular flexibility index (Phi) is 4.85. The Morgan fingerprint density at radius 2 is 2.29 bits per heavy atom. The van der Waals surface area contributed by atoms with Crippen LogP contribution in [0.5, 0.6) is 0 Å². The highest BCUT2D eigenvalue weighted by atomic mass is 16.3. The van der Waals surface area contributed by atoms with Crippen molar-refractivity contribution in [3.63, 3.8) is 0 Å². The van der Waals surface area contributed by atoms with Crippen LogP contribution in [0.4, 0.5) is 0 Å². The number of nitriles is 1. The molecule has 1 amide bonds. The molecule has 2 aromatic heterocycles. The molecule has 2 unspecified atom stereocenters. The van der Waals surface area contributed by atoms with Gasteiger partial charge in [-0.25, -0.2) is 0 Å². The molecule has 1 aliphatic carbocycles. The van der Waals surface area contributed by atoms with Gasteiger partial charge in [-0.15, -0.1) is 0 Å². The third kappa shape index (κ3) is 3.96. The molecule has 124 valence electrons. The molecule has 0 spiro atoms. The van der Waals surface area contributed by atoms with Crippen molar-refractivity contribution in [2.24, 2.45) is 5.92 Å². The molecule has 2 heterocycles. The highest BCUT2D eigenvalue weighted by Crippen LogP contribution is 2.47. The van der Waals surface area contributed by atoms with Crippen LogP contribution in [-0.2, 0) is 11.3 Å². The molecule has 0 saturated heterocycles. The third-order valence-electron chi connectivity index (χ3n) is 4.24. The molecule has 0 bridgehead atoms. The van der Waals surface area contributed by atoms with Gasteiger partial charge in [0, 0.05) is 18.5 Å². The Bertz CT molecular complexity index is 752. The first kappa shape index (κ1) is 16.1. The number of hydrogen-bond acceptors (Lipinski definition) is 4. The van der Waals surface area contributed by atoms with Gasteiger partial charge in [0.1, 0.15) is 17.3 Å². The van der Waals surface area contributed by atoms with E-state index >= 15 is 0 Å². The first-order chi connectivity index (χ1) is 11.7. The maximum absolute atomic E-state index is 12.4. The van der Waals surface area contributed by atoms with Crippen molar-refractivity contribution < 1.29 is 13.6 Å². The first-order valence-electron chi connectivity index (χ1n) is 8.13. The van der Waals surface area contributed by atoms with E-state index in [0.29, 0.717) is 36.4 Å². The summed E-state index contributed by atoms with van der Waals surface area (Å²) in [7, 11) is 0. The molecule has 1 saturated carbocycles. The van der Waals surface area contributed by atoms with E-state index in [-0.39, 0.29) is 12.3 Å². The molecule has 5 heteroatoms. The van der Waals surface area contributed by atoms with Crippen molar-refractivity contribution in [2.45, 2.75) is 32.2 Å². The fourth-order valence-corrected chi connectivity index (χ4v) is 2.68. The number of furan rings is 2. The van der Waals surface area contributed by atoms with Crippen molar-refractivity contribution in [2.75, 3.05) is 6.54 Å². The maximum atomic E-state index is 12.4. The lowest BCUT2D eigenvalue weighted by Gasteiger charge is -2.18. The molecule has 3 rings (SSSR count). The van der Waals surface area contributed by atoms with Crippen LogP contribution in [0.15, 0.2) is 45.4 Å². The van der Waals surface area contributed by atoms with Gasteiger partial charge in [-0.2, -0.15) is 5.26 Å². The van der Waals surface area contributed by atoms with E-state index in [0.717, 1.165) is 5.76 Å². The van der Waals surface area contributed by atoms with E-state index in [9.17, 15) is 4.79 Å². The average Bonchev–Trinajstić information content (AvgIpc) is 3.00. The Labute approximate surface area is 141 Å². The topological polar surface area (TPSA) is 70.4 Å². The number of carbonyl (C=O) groups excluding carboxylic acids is 1. The summed E-state index contributed by atoms with van der Waals surface area (Å²) < 4.78 is 11.1. The number of amides is 1. The zero-order valence-electron chi connectivity index (χ0n) is 13.6. The van der Waals surface area contributed by atoms with Crippen LogP contribution >= 0.6 is 0 Å². The van der Waals surface area contributed by atoms with E-state index in [1.165, 1.54) is 12.5 Å². The molecule has 2 aromatic rings. The Balaban J connectivity index is 1.63. The number of nitrogens with zero attached hydrogens (tertiary/aromatic N) is 2. The summed E-state index contributed by atoms with van der Waals surface area (Å²) in [6, 6.07) is 9.52. The molecular formula is C19H20N2O3. The second-order valence-electron chi connectivity index (χ2n) is 6.14. The first-order valence-corrected chi connectivity index (χ1v) is 8.13. The van der Waals surface area contributed by atoms with E-state index in [2.05, 4.69) is 13.0 Å². The zero-order valence-corrected chi connectivity index (χ0v) is 13.6. The molecule has 1 aliphatic rings. The molecule has 0 aliphatic heterocycles. The summed E-state index contributed by atoms with van der Waals surface area (Å²) >= 11 is 0. The van der Waals surface area contributed by atoms with Crippen LogP contribution < -0.4 is 0 Å². The highest BCUT2D eigenvalue weighted by molar-refractivity contribution is 5.91. The Morgan fingerprint density at radius 1 is 1.46 bits per heavy atom. The van der Waals surface area contributed by atoms with Crippen LogP contribution in [0, 0.1) is 17.2 Å². The summed E-state index contributed by atoms with van der Waals surface area (Å²) in [5.74, 6) is 3.40. The minimum absolute atomic E-state index is 0.167. The van der Waals surface area contributed by atoms with Gasteiger partial charge < -0.3 is 13.7 Å². The normalized spacial score (nSPS) is 19.3. The number of hydrogen-bond donors (Lipinski definition) is 0. The molecule has 5 nitrogen and oxygen atoms in total. The van der Waals surface area contributed by atoms with Crippen LogP contribution in [0.2, 0.25) is 0 Å². The van der Waals surface area contributed by atoms with Crippen molar-refractivity contribution >= 4 is 12.0 Å². The Morgan fingerprint density at radius 3 is 2.96 bits per heavy atom. The summed E-state index contributed by atoms with van der Waals surface area (Å²) in [6.07, 6.45) is 6.19. The molecule has 1 fully saturated rings. The summed E-state index contributed by atoms with van der Waals surface area (Å²) in [5.41, 5.74) is 0. The quantitative estimate of drug-likeness (QED) is 0.723. The fraction of sp³-hybridized carbons (Fsp3) is 0.368. The third-order valence-corrected chi connectivity index (χ3v) is 4.24. The molecule has 0 N–H and O–H groups in total. The zero-order chi connectivity index (χ0) is 16.9. The predicted octanol–water partition coefficient (Wildman–Crippen LogP) is 3.95. The van der Waals surface area contributed by atoms with Crippen LogP contribution in [0.3, 0.4) is 0 Å². The van der Waals surface area contributed by atoms with Crippen LogP contribution in [0.25, 0.3) is 6.08 Å². The summed E-state index contributed by atoms with van der Waals surface area (Å²) in [4.78, 5) is 14.0. The van der Waals surface area contributed by atoms with Crippen molar-refractivity contribution in [1.82, 2.24) is 4.90 Å². The average molecular weight is 324 g/mol. The van der Waals surface area contributed by atoms with Crippen molar-refractivity contribution in [3.05, 3.63) is 53.9 Å². The van der Waals surface area contributed by atoms with Gasteiger partial charge in [0.15, 0.2) is 0 Å². The standard InChI is InChI=1S/C19H20N2O3/c1-14-12-17(14)18-7-5-15(24-18)6-8-19(22)21(10-3-9-20)13-16-4-2-11-23-16/h2,4-8,11,14,17H,3,10,12-13H2,1H3/b8-6+. The maximum Gasteiger partial charge on any atom is 0.247 e. The van der Waals surface area contributed by atoms with Crippen LogP contribution in [-0.4, -0.2) is 17.4 Å². The van der Waals surface area contributed by atoms with Gasteiger partial charge in [-0.05, 0) is 42.7 Å². The van der Waals surface area contributed by atoms with Crippen LogP contribution in [0.1, 0.15) is 43.0 Å². The molecule has 24 heavy (non-hydrogen) atoms. The minimum atomic E-state index is -0.167. The summed E-state index contributed by atoms with van der Waals surface area (Å²) in [6.45, 7) is 2.91. The number of carbonyl (C=O) groups is 1. The fourth-order valence-electron chi connectivity index (χ4n) is 2.68. The monoisotopic (exact) mass is 324 g/mol. The summed E-state index contributed by atoms with van der Waals surface area (Å²) in [5, 5.41) is 8.77. The molecule has 0 aromatic carbocycles. The molecule has 0 radical (unpaired) electrons. The van der Waals surface area contributed by atoms with Crippen molar-refractivity contribution in [3.8, 4) is 6.07 Å². The van der Waals surface area contributed by atoms with E-state index in [4.69, 9.17) is 14.1 Å². The lowest BCUT2D eigenvalue weighted by Crippen LogP contribution is -2.29. The van der Waals surface area contributed by atoms with Gasteiger partial charge >= 0.3 is 0 Å². The van der Waals surface area contributed by atoms with Gasteiger partial charge in [0.25, 0.3) is 0 Å². The highest BCUT2D eigenvalue weighted by Gasteiger charge is 2.36. The van der Waals surface area contributed by atoms with Gasteiger partial charge in [0.2, 0.25) is 5.91 Å². The lowest BCUT2D eigenvalue weighted by molar-refractivity contribution is -0.126. The minimum Gasteiger partial charge on any atom is -0.467 e. The lowest BCUT2D eigenvalue weighted by atomic mass is 10.3. The predicted molar refractivity (Wildman–Crippen MR) is 88.6 cm³/mol. The van der Waals surface area contributed by atoms with Gasteiger partial charge in [-0.3, -0.25) is 4.79 Å². The largest absolute Gasteiger partial charge is 0.467 e. The van der Waals surface area contributed by atoms with Gasteiger partial charge in [-0.1, -0.05) is 6.92 Å². The van der Waals surface area contributed by atoms with E-state index in [1.807, 2.05) is 18.2 Å². The SMILES string of the molecule is CC1CC1c1ccc(/C=C/C(=O)N(CCC#N)Cc2ccco2)o1. The Hall–Kier alpha value is -2.74. The van der Waals surface area contributed by atoms with Gasteiger partial charge in [0.05, 0.1) is 25.3 Å². The second kappa shape index (κ2) is 7.22. The van der Waals surface area contributed by atoms with Crippen molar-refractivity contribution in [1.29, 1.82) is 5.26 Å². The van der Waals surface area contributed by atoms with E-state index in [1.54, 1.807) is 23.3 Å². The molecule has 2 atom stereocenters. The van der Waals surface area contributed by atoms with E-state index < -0.39 is 0 Å². The number of rotatable bonds is 7. The smallest absolute Gasteiger partial charge is 0.247 e. The second-order valence-corrected chi connectivity index (χ2v) is 6.14.